The van der Waals surface area contributed by atoms with Gasteiger partial charge in [-0.2, -0.15) is 0 Å². The third-order valence-electron chi connectivity index (χ3n) is 4.50. The first-order chi connectivity index (χ1) is 13.5. The zero-order valence-electron chi connectivity index (χ0n) is 16.1. The number of hydrogen-bond donors (Lipinski definition) is 2. The quantitative estimate of drug-likeness (QED) is 0.631. The Balaban J connectivity index is 1.92. The van der Waals surface area contributed by atoms with E-state index in [0.717, 1.165) is 5.56 Å². The highest BCUT2D eigenvalue weighted by molar-refractivity contribution is 5.97. The lowest BCUT2D eigenvalue weighted by atomic mass is 10.1. The third kappa shape index (κ3) is 3.88. The number of nitrogens with one attached hydrogen (secondary N) is 1. The summed E-state index contributed by atoms with van der Waals surface area (Å²) in [6.07, 6.45) is 1.45. The van der Waals surface area contributed by atoms with Crippen molar-refractivity contribution in [3.63, 3.8) is 0 Å². The van der Waals surface area contributed by atoms with Crippen molar-refractivity contribution in [2.24, 2.45) is 0 Å². The van der Waals surface area contributed by atoms with Crippen molar-refractivity contribution >= 4 is 29.0 Å². The van der Waals surface area contributed by atoms with Crippen LogP contribution in [0.2, 0.25) is 0 Å². The molecule has 7 heteroatoms. The fourth-order valence-corrected chi connectivity index (χ4v) is 2.96. The van der Waals surface area contributed by atoms with Crippen LogP contribution in [-0.4, -0.2) is 30.1 Å². The van der Waals surface area contributed by atoms with Crippen LogP contribution < -0.4 is 16.0 Å². The molecule has 0 aliphatic carbocycles. The minimum atomic E-state index is -0.425. The van der Waals surface area contributed by atoms with E-state index in [9.17, 15) is 4.79 Å². The predicted molar refractivity (Wildman–Crippen MR) is 111 cm³/mol. The lowest BCUT2D eigenvalue weighted by Gasteiger charge is -2.24. The fraction of sp³-hybridized carbons (Fsp3) is 0.190. The van der Waals surface area contributed by atoms with E-state index in [1.807, 2.05) is 49.4 Å². The van der Waals surface area contributed by atoms with Crippen molar-refractivity contribution < 1.29 is 9.53 Å². The molecule has 0 fully saturated rings. The molecule has 1 unspecified atom stereocenters. The Labute approximate surface area is 164 Å². The molecule has 0 spiro atoms. The molecule has 0 aliphatic rings. The minimum Gasteiger partial charge on any atom is -0.465 e. The van der Waals surface area contributed by atoms with Gasteiger partial charge in [0.15, 0.2) is 11.6 Å². The second kappa shape index (κ2) is 8.39. The molecule has 0 bridgehead atoms. The van der Waals surface area contributed by atoms with Gasteiger partial charge in [0.2, 0.25) is 0 Å². The van der Waals surface area contributed by atoms with E-state index in [4.69, 9.17) is 10.5 Å². The number of rotatable bonds is 6. The zero-order chi connectivity index (χ0) is 20.1. The Kier molecular flexibility index (Phi) is 5.74. The van der Waals surface area contributed by atoms with Gasteiger partial charge in [-0.1, -0.05) is 42.5 Å². The summed E-state index contributed by atoms with van der Waals surface area (Å²) >= 11 is 0. The Bertz CT molecular complexity index is 962. The summed E-state index contributed by atoms with van der Waals surface area (Å²) in [6, 6.07) is 17.2. The largest absolute Gasteiger partial charge is 0.465 e. The van der Waals surface area contributed by atoms with Crippen LogP contribution in [0.25, 0.3) is 0 Å². The fourth-order valence-electron chi connectivity index (χ4n) is 2.96. The number of anilines is 4. The lowest BCUT2D eigenvalue weighted by molar-refractivity contribution is 0.0601. The number of para-hydroxylation sites is 1. The highest BCUT2D eigenvalue weighted by Gasteiger charge is 2.20. The number of ether oxygens (including phenoxy) is 1. The van der Waals surface area contributed by atoms with E-state index in [1.165, 1.54) is 13.4 Å². The van der Waals surface area contributed by atoms with Gasteiger partial charge >= 0.3 is 5.97 Å². The van der Waals surface area contributed by atoms with E-state index in [0.29, 0.717) is 28.6 Å². The molecular weight excluding hydrogens is 354 g/mol. The van der Waals surface area contributed by atoms with Crippen LogP contribution in [0.1, 0.15) is 28.9 Å². The van der Waals surface area contributed by atoms with Gasteiger partial charge in [0, 0.05) is 7.05 Å². The standard InChI is InChI=1S/C21H23N5O2/c1-14(15-9-5-4-6-10-15)25-19-18(22)20(24-13-23-19)26(2)17-12-8-7-11-16(17)21(27)28-3/h4-14H,22H2,1-3H3,(H,23,24,25). The summed E-state index contributed by atoms with van der Waals surface area (Å²) in [5.41, 5.74) is 8.94. The normalized spacial score (nSPS) is 11.5. The van der Waals surface area contributed by atoms with Crippen molar-refractivity contribution in [3.05, 3.63) is 72.1 Å². The van der Waals surface area contributed by atoms with Gasteiger partial charge in [-0.3, -0.25) is 0 Å². The number of carbonyl (C=O) groups is 1. The average Bonchev–Trinajstić information content (AvgIpc) is 2.74. The molecule has 0 saturated carbocycles. The monoisotopic (exact) mass is 377 g/mol. The van der Waals surface area contributed by atoms with Crippen molar-refractivity contribution in [2.75, 3.05) is 30.1 Å². The molecule has 1 heterocycles. The number of carbonyl (C=O) groups excluding carboxylic acids is 1. The van der Waals surface area contributed by atoms with E-state index in [1.54, 1.807) is 24.1 Å². The van der Waals surface area contributed by atoms with E-state index in [-0.39, 0.29) is 6.04 Å². The SMILES string of the molecule is COC(=O)c1ccccc1N(C)c1ncnc(NC(C)c2ccccc2)c1N. The highest BCUT2D eigenvalue weighted by Crippen LogP contribution is 2.33. The number of nitrogen functional groups attached to an aromatic ring is 1. The summed E-state index contributed by atoms with van der Waals surface area (Å²) in [4.78, 5) is 22.5. The smallest absolute Gasteiger partial charge is 0.339 e. The number of nitrogens with two attached hydrogens (primary N) is 1. The van der Waals surface area contributed by atoms with Gasteiger partial charge in [0.05, 0.1) is 24.4 Å². The maximum Gasteiger partial charge on any atom is 0.339 e. The number of aromatic nitrogens is 2. The number of benzene rings is 2. The molecule has 0 radical (unpaired) electrons. The molecule has 144 valence electrons. The Morgan fingerprint density at radius 2 is 1.79 bits per heavy atom. The van der Waals surface area contributed by atoms with Gasteiger partial charge in [0.25, 0.3) is 0 Å². The van der Waals surface area contributed by atoms with Gasteiger partial charge in [-0.15, -0.1) is 0 Å². The van der Waals surface area contributed by atoms with Crippen LogP contribution in [0.5, 0.6) is 0 Å². The molecule has 2 aromatic carbocycles. The zero-order valence-corrected chi connectivity index (χ0v) is 16.1. The molecule has 1 aromatic heterocycles. The molecule has 28 heavy (non-hydrogen) atoms. The molecule has 0 amide bonds. The maximum atomic E-state index is 12.1. The van der Waals surface area contributed by atoms with Gasteiger partial charge < -0.3 is 20.7 Å². The van der Waals surface area contributed by atoms with E-state index >= 15 is 0 Å². The van der Waals surface area contributed by atoms with Crippen LogP contribution >= 0.6 is 0 Å². The molecule has 3 rings (SSSR count). The first kappa shape index (κ1) is 19.2. The first-order valence-electron chi connectivity index (χ1n) is 8.86. The molecule has 3 aromatic rings. The van der Waals surface area contributed by atoms with Crippen LogP contribution in [0.4, 0.5) is 23.0 Å². The Morgan fingerprint density at radius 3 is 2.50 bits per heavy atom. The van der Waals surface area contributed by atoms with Crippen LogP contribution in [0.3, 0.4) is 0 Å². The Morgan fingerprint density at radius 1 is 1.11 bits per heavy atom. The second-order valence-electron chi connectivity index (χ2n) is 6.30. The lowest BCUT2D eigenvalue weighted by Crippen LogP contribution is -2.19. The van der Waals surface area contributed by atoms with E-state index < -0.39 is 5.97 Å². The van der Waals surface area contributed by atoms with Crippen molar-refractivity contribution in [3.8, 4) is 0 Å². The third-order valence-corrected chi connectivity index (χ3v) is 4.50. The molecule has 3 N–H and O–H groups in total. The highest BCUT2D eigenvalue weighted by atomic mass is 16.5. The Hall–Kier alpha value is -3.61. The summed E-state index contributed by atoms with van der Waals surface area (Å²) in [7, 11) is 3.15. The van der Waals surface area contributed by atoms with Crippen LogP contribution in [0.15, 0.2) is 60.9 Å². The molecule has 0 saturated heterocycles. The summed E-state index contributed by atoms with van der Waals surface area (Å²) in [5.74, 6) is 0.601. The predicted octanol–water partition coefficient (Wildman–Crippen LogP) is 3.79. The average molecular weight is 377 g/mol. The topological polar surface area (TPSA) is 93.4 Å². The maximum absolute atomic E-state index is 12.1. The first-order valence-corrected chi connectivity index (χ1v) is 8.86. The number of esters is 1. The second-order valence-corrected chi connectivity index (χ2v) is 6.30. The van der Waals surface area contributed by atoms with Crippen molar-refractivity contribution in [1.29, 1.82) is 0 Å². The van der Waals surface area contributed by atoms with Crippen molar-refractivity contribution in [2.45, 2.75) is 13.0 Å². The van der Waals surface area contributed by atoms with Crippen LogP contribution in [0, 0.1) is 0 Å². The number of hydrogen-bond acceptors (Lipinski definition) is 7. The van der Waals surface area contributed by atoms with Gasteiger partial charge in [-0.05, 0) is 24.6 Å². The van der Waals surface area contributed by atoms with Crippen LogP contribution in [-0.2, 0) is 4.74 Å². The molecule has 1 atom stereocenters. The summed E-state index contributed by atoms with van der Waals surface area (Å²) in [5, 5.41) is 3.33. The minimum absolute atomic E-state index is 0.0129. The van der Waals surface area contributed by atoms with E-state index in [2.05, 4.69) is 15.3 Å². The molecule has 7 nitrogen and oxygen atoms in total. The van der Waals surface area contributed by atoms with Crippen molar-refractivity contribution in [1.82, 2.24) is 9.97 Å². The summed E-state index contributed by atoms with van der Waals surface area (Å²) in [6.45, 7) is 2.03. The number of methoxy groups -OCH3 is 1. The molecular formula is C21H23N5O2. The number of nitrogens with zero attached hydrogens (tertiary/aromatic N) is 3. The van der Waals surface area contributed by atoms with Gasteiger partial charge in [-0.25, -0.2) is 14.8 Å². The van der Waals surface area contributed by atoms with Gasteiger partial charge in [0.1, 0.15) is 12.0 Å². The summed E-state index contributed by atoms with van der Waals surface area (Å²) < 4.78 is 4.88. The molecule has 0 aliphatic heterocycles.